The first kappa shape index (κ1) is 27.9. The zero-order valence-electron chi connectivity index (χ0n) is 17.6. The lowest BCUT2D eigenvalue weighted by molar-refractivity contribution is -0.145. The second kappa shape index (κ2) is 12.8. The van der Waals surface area contributed by atoms with Crippen molar-refractivity contribution in [2.75, 3.05) is 28.1 Å². The molecule has 0 atom stereocenters. The van der Waals surface area contributed by atoms with E-state index >= 15 is 0 Å². The van der Waals surface area contributed by atoms with Gasteiger partial charge in [0.25, 0.3) is 31.9 Å². The lowest BCUT2D eigenvalue weighted by Crippen LogP contribution is -2.56. The van der Waals surface area contributed by atoms with Gasteiger partial charge in [0.2, 0.25) is 0 Å². The summed E-state index contributed by atoms with van der Waals surface area (Å²) >= 11 is 2.55. The molecule has 0 radical (unpaired) electrons. The summed E-state index contributed by atoms with van der Waals surface area (Å²) in [6, 6.07) is 0. The molecule has 0 N–H and O–H groups in total. The van der Waals surface area contributed by atoms with E-state index in [0.717, 1.165) is 0 Å². The van der Waals surface area contributed by atoms with Gasteiger partial charge in [0, 0.05) is 55.1 Å². The van der Waals surface area contributed by atoms with Crippen LogP contribution in [0, 0.1) is 0 Å². The van der Waals surface area contributed by atoms with Gasteiger partial charge in [-0.25, -0.2) is 16.8 Å². The maximum atomic E-state index is 13.0. The fourth-order valence-electron chi connectivity index (χ4n) is 2.45. The van der Waals surface area contributed by atoms with Crippen LogP contribution in [0.5, 0.6) is 0 Å². The van der Waals surface area contributed by atoms with Gasteiger partial charge in [-0.1, -0.05) is 13.8 Å². The number of hydrogen-bond donors (Lipinski definition) is 0. The Morgan fingerprint density at radius 1 is 0.677 bits per heavy atom. The highest BCUT2D eigenvalue weighted by molar-refractivity contribution is 8.16. The van der Waals surface area contributed by atoms with Gasteiger partial charge in [-0.3, -0.25) is 19.2 Å². The fourth-order valence-corrected chi connectivity index (χ4v) is 8.89. The van der Waals surface area contributed by atoms with Crippen molar-refractivity contribution >= 4 is 67.0 Å². The zero-order valence-corrected chi connectivity index (χ0v) is 20.8. The molecular weight excluding hydrogens is 488 g/mol. The van der Waals surface area contributed by atoms with Gasteiger partial charge in [-0.2, -0.15) is 0 Å². The molecule has 1 rings (SSSR count). The van der Waals surface area contributed by atoms with Crippen molar-refractivity contribution < 1.29 is 36.0 Å². The molecule has 1 saturated heterocycles. The summed E-state index contributed by atoms with van der Waals surface area (Å²) in [6.45, 7) is 3.16. The third-order valence-electron chi connectivity index (χ3n) is 4.28. The minimum atomic E-state index is -4.52. The maximum absolute atomic E-state index is 13.0. The van der Waals surface area contributed by atoms with Gasteiger partial charge in [0.1, 0.15) is 11.6 Å². The second-order valence-corrected chi connectivity index (χ2v) is 13.0. The van der Waals surface area contributed by atoms with Gasteiger partial charge in [0.15, 0.2) is 0 Å². The summed E-state index contributed by atoms with van der Waals surface area (Å²) in [5.41, 5.74) is 0. The van der Waals surface area contributed by atoms with E-state index in [1.165, 1.54) is 23.5 Å². The smallest absolute Gasteiger partial charge is 0.257 e. The molecule has 2 amide bonds. The van der Waals surface area contributed by atoms with Crippen LogP contribution >= 0.6 is 23.5 Å². The van der Waals surface area contributed by atoms with E-state index in [2.05, 4.69) is 0 Å². The largest absolute Gasteiger partial charge is 0.300 e. The van der Waals surface area contributed by atoms with Crippen LogP contribution in [0.2, 0.25) is 0 Å². The Bertz CT molecular complexity index is 814. The summed E-state index contributed by atoms with van der Waals surface area (Å²) in [5, 5.41) is 0.461. The second-order valence-electron chi connectivity index (χ2n) is 6.62. The molecule has 0 spiro atoms. The number of ketones is 2. The van der Waals surface area contributed by atoms with E-state index in [-0.39, 0.29) is 57.6 Å². The number of Topliss-reactive ketones (excluding diaryl/α,β-unsaturated/α-hetero) is 2. The molecule has 1 aliphatic rings. The molecule has 0 saturated carbocycles. The summed E-state index contributed by atoms with van der Waals surface area (Å²) in [5.74, 6) is -3.85. The molecule has 1 heterocycles. The summed E-state index contributed by atoms with van der Waals surface area (Å²) in [4.78, 5) is 48.9. The van der Waals surface area contributed by atoms with E-state index in [0.29, 0.717) is 5.08 Å². The van der Waals surface area contributed by atoms with E-state index in [9.17, 15) is 36.0 Å². The normalized spacial score (nSPS) is 19.3. The zero-order chi connectivity index (χ0) is 23.7. The predicted molar refractivity (Wildman–Crippen MR) is 120 cm³/mol. The minimum absolute atomic E-state index is 0.0145. The molecule has 14 heteroatoms. The summed E-state index contributed by atoms with van der Waals surface area (Å²) in [6.07, 6.45) is -1.39. The Balaban J connectivity index is 3.43. The molecule has 0 aliphatic carbocycles. The maximum Gasteiger partial charge on any atom is 0.257 e. The van der Waals surface area contributed by atoms with Gasteiger partial charge >= 0.3 is 0 Å². The van der Waals surface area contributed by atoms with E-state index in [1.54, 1.807) is 13.8 Å². The van der Waals surface area contributed by atoms with Crippen LogP contribution in [0.3, 0.4) is 0 Å². The van der Waals surface area contributed by atoms with E-state index < -0.39 is 56.2 Å². The van der Waals surface area contributed by atoms with Gasteiger partial charge in [-0.15, -0.1) is 32.4 Å². The van der Waals surface area contributed by atoms with Crippen LogP contribution in [0.4, 0.5) is 0 Å². The van der Waals surface area contributed by atoms with Crippen LogP contribution in [0.1, 0.15) is 52.4 Å². The number of hydrogen-bond acceptors (Lipinski definition) is 10. The van der Waals surface area contributed by atoms with E-state index in [1.807, 2.05) is 0 Å². The lowest BCUT2D eigenvalue weighted by atomic mass is 10.2. The van der Waals surface area contributed by atoms with Crippen LogP contribution in [-0.2, 0) is 39.2 Å². The topological polar surface area (TPSA) is 143 Å². The minimum Gasteiger partial charge on any atom is -0.300 e. The number of carbonyl (C=O) groups excluding carboxylic acids is 4. The Kier molecular flexibility index (Phi) is 11.5. The third-order valence-corrected chi connectivity index (χ3v) is 10.4. The summed E-state index contributed by atoms with van der Waals surface area (Å²) < 4.78 is 51.9. The molecule has 31 heavy (non-hydrogen) atoms. The van der Waals surface area contributed by atoms with Crippen molar-refractivity contribution in [3.63, 3.8) is 0 Å². The van der Waals surface area contributed by atoms with E-state index in [4.69, 9.17) is 0 Å². The van der Waals surface area contributed by atoms with Crippen LogP contribution < -0.4 is 0 Å². The molecule has 0 bridgehead atoms. The van der Waals surface area contributed by atoms with Crippen LogP contribution in [-0.4, -0.2) is 77.1 Å². The average molecular weight is 517 g/mol. The first-order valence-electron chi connectivity index (χ1n) is 9.76. The van der Waals surface area contributed by atoms with Crippen molar-refractivity contribution in [3.8, 4) is 0 Å². The Labute approximate surface area is 191 Å². The van der Waals surface area contributed by atoms with Gasteiger partial charge in [-0.05, 0) is 0 Å². The highest BCUT2D eigenvalue weighted by Crippen LogP contribution is 2.23. The molecule has 0 aromatic rings. The van der Waals surface area contributed by atoms with Gasteiger partial charge in [0.05, 0.1) is 11.5 Å². The van der Waals surface area contributed by atoms with Crippen molar-refractivity contribution in [3.05, 3.63) is 0 Å². The number of thioether (sulfide) groups is 2. The molecule has 10 nitrogen and oxygen atoms in total. The Morgan fingerprint density at radius 3 is 1.35 bits per heavy atom. The Morgan fingerprint density at radius 2 is 1.03 bits per heavy atom. The summed E-state index contributed by atoms with van der Waals surface area (Å²) in [7, 11) is -9.04. The van der Waals surface area contributed by atoms with Crippen LogP contribution in [0.15, 0.2) is 0 Å². The molecular formula is C17H28N2O8S4. The number of sulfonamides is 2. The third kappa shape index (κ3) is 8.73. The molecule has 1 aliphatic heterocycles. The van der Waals surface area contributed by atoms with Crippen molar-refractivity contribution in [1.82, 2.24) is 8.83 Å². The van der Waals surface area contributed by atoms with Gasteiger partial charge < -0.3 is 0 Å². The first-order valence-corrected chi connectivity index (χ1v) is 15.3. The molecule has 0 aromatic heterocycles. The number of amides is 2. The van der Waals surface area contributed by atoms with Crippen LogP contribution in [0.25, 0.3) is 0 Å². The van der Waals surface area contributed by atoms with Crippen molar-refractivity contribution in [1.29, 1.82) is 0 Å². The monoisotopic (exact) mass is 516 g/mol. The number of hydrazine groups is 1. The highest BCUT2D eigenvalue weighted by Gasteiger charge is 2.42. The standard InChI is InChI=1S/C17H28N2O8S4/c1-3-14(20)5-7-16(22)18-19(17(23)8-6-15(21)4-2)31(26,27)12-10-29-13-28-9-11-30(18,24)25/h3-13H2,1-2H3. The molecule has 0 aromatic carbocycles. The fraction of sp³-hybridized carbons (Fsp3) is 0.765. The van der Waals surface area contributed by atoms with Crippen molar-refractivity contribution in [2.45, 2.75) is 52.4 Å². The molecule has 178 valence electrons. The predicted octanol–water partition coefficient (Wildman–Crippen LogP) is 1.17. The first-order chi connectivity index (χ1) is 14.5. The van der Waals surface area contributed by atoms with Crippen molar-refractivity contribution in [2.24, 2.45) is 0 Å². The number of rotatable bonds is 8. The lowest BCUT2D eigenvalue weighted by Gasteiger charge is -2.32. The number of carbonyl (C=O) groups is 4. The molecule has 1 fully saturated rings. The highest BCUT2D eigenvalue weighted by atomic mass is 32.2. The molecule has 0 unspecified atom stereocenters. The number of nitrogens with zero attached hydrogens (tertiary/aromatic N) is 2. The Hall–Kier alpha value is -1.12. The average Bonchev–Trinajstić information content (AvgIpc) is 2.73. The quantitative estimate of drug-likeness (QED) is 0.461. The SMILES string of the molecule is CCC(=O)CCC(=O)N1N(C(=O)CCC(=O)CC)S(=O)(=O)CCSCSCCS1(=O)=O.